The van der Waals surface area contributed by atoms with Crippen molar-refractivity contribution in [3.63, 3.8) is 0 Å². The van der Waals surface area contributed by atoms with Crippen molar-refractivity contribution in [3.05, 3.63) is 29.6 Å². The number of pyridine rings is 1. The summed E-state index contributed by atoms with van der Waals surface area (Å²) in [6, 6.07) is 4.17. The van der Waals surface area contributed by atoms with Crippen LogP contribution in [0.25, 0.3) is 0 Å². The molecule has 3 rings (SSSR count). The molecule has 0 aliphatic heterocycles. The molecule has 0 saturated heterocycles. The Hall–Kier alpha value is -1.18. The first kappa shape index (κ1) is 10.0. The summed E-state index contributed by atoms with van der Waals surface area (Å²) in [6.45, 7) is 0. The predicted molar refractivity (Wildman–Crippen MR) is 62.3 cm³/mol. The summed E-state index contributed by atoms with van der Waals surface area (Å²) in [4.78, 5) is 16.5. The zero-order valence-corrected chi connectivity index (χ0v) is 9.48. The Bertz CT molecular complexity index is 413. The lowest BCUT2D eigenvalue weighted by Crippen LogP contribution is -2.24. The van der Waals surface area contributed by atoms with E-state index in [9.17, 15) is 4.79 Å². The standard InChI is InChI=1S/C14H17NO/c16-13-6-2-1-5-11(13)12-8-7-10-4-3-9-15-14(10)12/h3-4,9,11-12H,1-2,5-8H2. The van der Waals surface area contributed by atoms with Gasteiger partial charge in [-0.25, -0.2) is 0 Å². The lowest BCUT2D eigenvalue weighted by molar-refractivity contribution is -0.125. The topological polar surface area (TPSA) is 30.0 Å². The van der Waals surface area contributed by atoms with Crippen LogP contribution in [0.4, 0.5) is 0 Å². The van der Waals surface area contributed by atoms with Crippen molar-refractivity contribution in [2.24, 2.45) is 5.92 Å². The molecule has 2 heteroatoms. The van der Waals surface area contributed by atoms with E-state index in [1.54, 1.807) is 0 Å². The number of hydrogen-bond donors (Lipinski definition) is 0. The summed E-state index contributed by atoms with van der Waals surface area (Å²) in [5.41, 5.74) is 2.58. The Kier molecular flexibility index (Phi) is 2.50. The first-order valence-electron chi connectivity index (χ1n) is 6.33. The van der Waals surface area contributed by atoms with Crippen molar-refractivity contribution < 1.29 is 4.79 Å². The number of carbonyl (C=O) groups is 1. The van der Waals surface area contributed by atoms with Crippen LogP contribution in [0.3, 0.4) is 0 Å². The number of hydrogen-bond acceptors (Lipinski definition) is 2. The van der Waals surface area contributed by atoms with E-state index in [2.05, 4.69) is 11.1 Å². The number of aryl methyl sites for hydroxylation is 1. The average Bonchev–Trinajstić information content (AvgIpc) is 2.74. The van der Waals surface area contributed by atoms with Crippen LogP contribution in [0.1, 0.15) is 49.3 Å². The van der Waals surface area contributed by atoms with Crippen molar-refractivity contribution in [2.45, 2.75) is 44.4 Å². The Labute approximate surface area is 96.1 Å². The van der Waals surface area contributed by atoms with Gasteiger partial charge in [0, 0.05) is 30.1 Å². The Morgan fingerprint density at radius 2 is 2.06 bits per heavy atom. The number of fused-ring (bicyclic) bond motifs is 1. The smallest absolute Gasteiger partial charge is 0.136 e. The fraction of sp³-hybridized carbons (Fsp3) is 0.571. The van der Waals surface area contributed by atoms with Gasteiger partial charge >= 0.3 is 0 Å². The number of carbonyl (C=O) groups excluding carboxylic acids is 1. The molecule has 0 radical (unpaired) electrons. The molecule has 2 atom stereocenters. The van der Waals surface area contributed by atoms with Crippen LogP contribution < -0.4 is 0 Å². The lowest BCUT2D eigenvalue weighted by atomic mass is 9.78. The van der Waals surface area contributed by atoms with Crippen molar-refractivity contribution >= 4 is 5.78 Å². The van der Waals surface area contributed by atoms with Gasteiger partial charge in [-0.15, -0.1) is 0 Å². The van der Waals surface area contributed by atoms with Crippen molar-refractivity contribution in [3.8, 4) is 0 Å². The molecule has 0 N–H and O–H groups in total. The van der Waals surface area contributed by atoms with Gasteiger partial charge in [-0.1, -0.05) is 12.5 Å². The maximum atomic E-state index is 12.0. The number of Topliss-reactive ketones (excluding diaryl/α,β-unsaturated/α-hetero) is 1. The van der Waals surface area contributed by atoms with Crippen LogP contribution in [0.15, 0.2) is 18.3 Å². The van der Waals surface area contributed by atoms with Crippen LogP contribution in [0, 0.1) is 5.92 Å². The summed E-state index contributed by atoms with van der Waals surface area (Å²) < 4.78 is 0. The van der Waals surface area contributed by atoms with E-state index in [-0.39, 0.29) is 5.92 Å². The van der Waals surface area contributed by atoms with E-state index in [0.29, 0.717) is 11.7 Å². The first-order valence-corrected chi connectivity index (χ1v) is 6.33. The van der Waals surface area contributed by atoms with Crippen molar-refractivity contribution in [1.29, 1.82) is 0 Å². The van der Waals surface area contributed by atoms with Crippen LogP contribution >= 0.6 is 0 Å². The molecule has 2 nitrogen and oxygen atoms in total. The van der Waals surface area contributed by atoms with E-state index in [0.717, 1.165) is 32.1 Å². The molecule has 2 unspecified atom stereocenters. The van der Waals surface area contributed by atoms with Gasteiger partial charge in [0.05, 0.1) is 0 Å². The van der Waals surface area contributed by atoms with Crippen LogP contribution in [0.5, 0.6) is 0 Å². The fourth-order valence-corrected chi connectivity index (χ4v) is 3.27. The predicted octanol–water partition coefficient (Wildman–Crippen LogP) is 2.87. The first-order chi connectivity index (χ1) is 7.86. The van der Waals surface area contributed by atoms with Gasteiger partial charge in [0.2, 0.25) is 0 Å². The maximum Gasteiger partial charge on any atom is 0.136 e. The summed E-state index contributed by atoms with van der Waals surface area (Å²) in [5.74, 6) is 1.17. The maximum absolute atomic E-state index is 12.0. The van der Waals surface area contributed by atoms with Gasteiger partial charge in [-0.3, -0.25) is 9.78 Å². The molecular weight excluding hydrogens is 198 g/mol. The second-order valence-corrected chi connectivity index (χ2v) is 5.01. The molecule has 1 fully saturated rings. The minimum absolute atomic E-state index is 0.268. The molecule has 1 saturated carbocycles. The molecule has 1 heterocycles. The molecule has 0 bridgehead atoms. The van der Waals surface area contributed by atoms with Gasteiger partial charge in [0.15, 0.2) is 0 Å². The van der Waals surface area contributed by atoms with Gasteiger partial charge in [-0.2, -0.15) is 0 Å². The third kappa shape index (κ3) is 1.57. The molecule has 1 aromatic heterocycles. The monoisotopic (exact) mass is 215 g/mol. The zero-order valence-electron chi connectivity index (χ0n) is 9.48. The molecule has 0 aromatic carbocycles. The third-order valence-electron chi connectivity index (χ3n) is 4.09. The number of rotatable bonds is 1. The highest BCUT2D eigenvalue weighted by molar-refractivity contribution is 5.82. The summed E-state index contributed by atoms with van der Waals surface area (Å²) >= 11 is 0. The van der Waals surface area contributed by atoms with Crippen molar-refractivity contribution in [2.75, 3.05) is 0 Å². The van der Waals surface area contributed by atoms with E-state index >= 15 is 0 Å². The van der Waals surface area contributed by atoms with Crippen LogP contribution in [0.2, 0.25) is 0 Å². The van der Waals surface area contributed by atoms with E-state index in [4.69, 9.17) is 0 Å². The normalized spacial score (nSPS) is 29.1. The second kappa shape index (κ2) is 4.00. The molecule has 84 valence electrons. The minimum Gasteiger partial charge on any atom is -0.299 e. The molecule has 16 heavy (non-hydrogen) atoms. The quantitative estimate of drug-likeness (QED) is 0.721. The number of aromatic nitrogens is 1. The van der Waals surface area contributed by atoms with Crippen LogP contribution in [-0.4, -0.2) is 10.8 Å². The third-order valence-corrected chi connectivity index (χ3v) is 4.09. The SMILES string of the molecule is O=C1CCCCC1C1CCc2cccnc21. The molecule has 2 aliphatic carbocycles. The van der Waals surface area contributed by atoms with Crippen molar-refractivity contribution in [1.82, 2.24) is 4.98 Å². The Morgan fingerprint density at radius 1 is 1.12 bits per heavy atom. The number of nitrogens with zero attached hydrogens (tertiary/aromatic N) is 1. The van der Waals surface area contributed by atoms with Gasteiger partial charge in [0.1, 0.15) is 5.78 Å². The molecule has 0 spiro atoms. The fourth-order valence-electron chi connectivity index (χ4n) is 3.27. The van der Waals surface area contributed by atoms with E-state index < -0.39 is 0 Å². The van der Waals surface area contributed by atoms with Crippen LogP contribution in [-0.2, 0) is 11.2 Å². The Balaban J connectivity index is 1.89. The van der Waals surface area contributed by atoms with E-state index in [1.165, 1.54) is 17.7 Å². The molecule has 0 amide bonds. The number of ketones is 1. The molecule has 1 aromatic rings. The minimum atomic E-state index is 0.268. The summed E-state index contributed by atoms with van der Waals surface area (Å²) in [7, 11) is 0. The summed E-state index contributed by atoms with van der Waals surface area (Å²) in [6.07, 6.45) is 8.29. The highest BCUT2D eigenvalue weighted by Crippen LogP contribution is 2.41. The average molecular weight is 215 g/mol. The largest absolute Gasteiger partial charge is 0.299 e. The van der Waals surface area contributed by atoms with Gasteiger partial charge < -0.3 is 0 Å². The molecular formula is C14H17NO. The zero-order chi connectivity index (χ0) is 11.0. The molecule has 2 aliphatic rings. The van der Waals surface area contributed by atoms with Gasteiger partial charge in [-0.05, 0) is 37.3 Å². The summed E-state index contributed by atoms with van der Waals surface area (Å²) in [5, 5.41) is 0. The highest BCUT2D eigenvalue weighted by Gasteiger charge is 2.35. The highest BCUT2D eigenvalue weighted by atomic mass is 16.1. The van der Waals surface area contributed by atoms with Gasteiger partial charge in [0.25, 0.3) is 0 Å². The second-order valence-electron chi connectivity index (χ2n) is 5.01. The lowest BCUT2D eigenvalue weighted by Gasteiger charge is -2.26. The Morgan fingerprint density at radius 3 is 2.94 bits per heavy atom. The van der Waals surface area contributed by atoms with E-state index in [1.807, 2.05) is 12.3 Å².